The Morgan fingerprint density at radius 3 is 2.80 bits per heavy atom. The predicted molar refractivity (Wildman–Crippen MR) is 42.2 cm³/mol. The van der Waals surface area contributed by atoms with Crippen molar-refractivity contribution in [3.8, 4) is 0 Å². The maximum Gasteiger partial charge on any atom is 0.186 e. The highest BCUT2D eigenvalue weighted by atomic mass is 16.5. The number of nitrogens with zero attached hydrogens (tertiary/aromatic N) is 1. The molecule has 2 atom stereocenters. The van der Waals surface area contributed by atoms with E-state index in [4.69, 9.17) is 4.74 Å². The topological polar surface area (TPSA) is 21.6 Å². The molecule has 2 nitrogen and oxygen atoms in total. The Labute approximate surface area is 61.6 Å². The van der Waals surface area contributed by atoms with E-state index in [1.165, 1.54) is 0 Å². The lowest BCUT2D eigenvalue weighted by molar-refractivity contribution is 0.384. The molecule has 0 saturated heterocycles. The molecular formula is C8H13NO. The zero-order chi connectivity index (χ0) is 7.56. The molecule has 0 aromatic heterocycles. The molecule has 1 saturated carbocycles. The Kier molecular flexibility index (Phi) is 2.10. The molecule has 2 unspecified atom stereocenters. The van der Waals surface area contributed by atoms with Crippen LogP contribution in [0.25, 0.3) is 0 Å². The van der Waals surface area contributed by atoms with Gasteiger partial charge in [0.2, 0.25) is 0 Å². The fourth-order valence-corrected chi connectivity index (χ4v) is 1.17. The summed E-state index contributed by atoms with van der Waals surface area (Å²) < 4.78 is 5.06. The van der Waals surface area contributed by atoms with Gasteiger partial charge in [-0.05, 0) is 12.3 Å². The van der Waals surface area contributed by atoms with Gasteiger partial charge in [-0.2, -0.15) is 0 Å². The highest BCUT2D eigenvalue weighted by Gasteiger charge is 2.39. The summed E-state index contributed by atoms with van der Waals surface area (Å²) in [5.74, 6) is 2.00. The van der Waals surface area contributed by atoms with E-state index in [1.807, 2.05) is 6.08 Å². The van der Waals surface area contributed by atoms with Crippen molar-refractivity contribution in [2.24, 2.45) is 16.8 Å². The highest BCUT2D eigenvalue weighted by molar-refractivity contribution is 5.81. The fourth-order valence-electron chi connectivity index (χ4n) is 1.17. The van der Waals surface area contributed by atoms with Crippen LogP contribution in [0.3, 0.4) is 0 Å². The average Bonchev–Trinajstić information content (AvgIpc) is 2.70. The minimum absolute atomic E-state index is 0.521. The van der Waals surface area contributed by atoms with Crippen molar-refractivity contribution in [1.82, 2.24) is 0 Å². The van der Waals surface area contributed by atoms with Gasteiger partial charge in [0.05, 0.1) is 7.11 Å². The average molecular weight is 139 g/mol. The minimum Gasteiger partial charge on any atom is -0.484 e. The molecule has 0 aliphatic heterocycles. The second-order valence-corrected chi connectivity index (χ2v) is 2.51. The maximum absolute atomic E-state index is 5.06. The summed E-state index contributed by atoms with van der Waals surface area (Å²) in [6, 6.07) is 0. The van der Waals surface area contributed by atoms with Crippen LogP contribution in [0.15, 0.2) is 17.6 Å². The predicted octanol–water partition coefficient (Wildman–Crippen LogP) is 1.48. The molecule has 0 spiro atoms. The van der Waals surface area contributed by atoms with Gasteiger partial charge in [0, 0.05) is 13.0 Å². The summed E-state index contributed by atoms with van der Waals surface area (Å²) in [5.41, 5.74) is 0. The molecule has 2 heteroatoms. The van der Waals surface area contributed by atoms with E-state index in [0.717, 1.165) is 12.3 Å². The van der Waals surface area contributed by atoms with Crippen LogP contribution in [0.5, 0.6) is 0 Å². The van der Waals surface area contributed by atoms with E-state index >= 15 is 0 Å². The molecule has 1 rings (SSSR count). The lowest BCUT2D eigenvalue weighted by Crippen LogP contribution is -2.04. The SMILES string of the molecule is C=CC1CC1C(=NC)OC. The van der Waals surface area contributed by atoms with Crippen LogP contribution in [0.1, 0.15) is 6.42 Å². The van der Waals surface area contributed by atoms with Gasteiger partial charge >= 0.3 is 0 Å². The third-order valence-corrected chi connectivity index (χ3v) is 1.89. The summed E-state index contributed by atoms with van der Waals surface area (Å²) in [7, 11) is 3.43. The van der Waals surface area contributed by atoms with E-state index in [0.29, 0.717) is 11.8 Å². The van der Waals surface area contributed by atoms with Crippen molar-refractivity contribution in [3.05, 3.63) is 12.7 Å². The molecule has 1 fully saturated rings. The van der Waals surface area contributed by atoms with Gasteiger partial charge < -0.3 is 4.74 Å². The first-order chi connectivity index (χ1) is 4.83. The number of hydrogen-bond donors (Lipinski definition) is 0. The summed E-state index contributed by atoms with van der Waals surface area (Å²) >= 11 is 0. The van der Waals surface area contributed by atoms with Gasteiger partial charge in [-0.15, -0.1) is 6.58 Å². The first-order valence-electron chi connectivity index (χ1n) is 3.46. The molecule has 0 heterocycles. The zero-order valence-electron chi connectivity index (χ0n) is 6.50. The molecule has 1 aliphatic carbocycles. The smallest absolute Gasteiger partial charge is 0.186 e. The maximum atomic E-state index is 5.06. The Bertz CT molecular complexity index is 163. The molecule has 1 aliphatic rings. The lowest BCUT2D eigenvalue weighted by Gasteiger charge is -1.99. The quantitative estimate of drug-likeness (QED) is 0.322. The van der Waals surface area contributed by atoms with Crippen molar-refractivity contribution in [2.75, 3.05) is 14.2 Å². The van der Waals surface area contributed by atoms with Gasteiger partial charge in [-0.3, -0.25) is 4.99 Å². The Morgan fingerprint density at radius 1 is 1.80 bits per heavy atom. The third kappa shape index (κ3) is 1.20. The zero-order valence-corrected chi connectivity index (χ0v) is 6.50. The number of methoxy groups -OCH3 is 1. The van der Waals surface area contributed by atoms with Crippen LogP contribution in [-0.2, 0) is 4.74 Å². The van der Waals surface area contributed by atoms with Gasteiger partial charge in [0.25, 0.3) is 0 Å². The molecular weight excluding hydrogens is 126 g/mol. The number of aliphatic imine (C=N–C) groups is 1. The van der Waals surface area contributed by atoms with E-state index in [9.17, 15) is 0 Å². The normalized spacial score (nSPS) is 31.6. The van der Waals surface area contributed by atoms with Crippen LogP contribution in [0.4, 0.5) is 0 Å². The molecule has 56 valence electrons. The number of rotatable bonds is 2. The molecule has 0 bridgehead atoms. The Hall–Kier alpha value is -0.790. The molecule has 0 aromatic carbocycles. The summed E-state index contributed by atoms with van der Waals surface area (Å²) in [6.07, 6.45) is 3.12. The van der Waals surface area contributed by atoms with Crippen LogP contribution < -0.4 is 0 Å². The third-order valence-electron chi connectivity index (χ3n) is 1.89. The molecule has 0 amide bonds. The van der Waals surface area contributed by atoms with Crippen LogP contribution in [-0.4, -0.2) is 20.1 Å². The lowest BCUT2D eigenvalue weighted by atomic mass is 10.3. The monoisotopic (exact) mass is 139 g/mol. The van der Waals surface area contributed by atoms with E-state index in [1.54, 1.807) is 14.2 Å². The van der Waals surface area contributed by atoms with Crippen LogP contribution in [0.2, 0.25) is 0 Å². The Morgan fingerprint density at radius 2 is 2.50 bits per heavy atom. The van der Waals surface area contributed by atoms with Crippen molar-refractivity contribution in [2.45, 2.75) is 6.42 Å². The van der Waals surface area contributed by atoms with Crippen molar-refractivity contribution < 1.29 is 4.74 Å². The summed E-state index contributed by atoms with van der Waals surface area (Å²) in [5, 5.41) is 0. The number of allylic oxidation sites excluding steroid dienone is 1. The second-order valence-electron chi connectivity index (χ2n) is 2.51. The second kappa shape index (κ2) is 2.86. The molecule has 0 radical (unpaired) electrons. The standard InChI is InChI=1S/C8H13NO/c1-4-6-5-7(6)8(9-2)10-3/h4,6-7H,1,5H2,2-3H3. The van der Waals surface area contributed by atoms with Crippen LogP contribution >= 0.6 is 0 Å². The molecule has 0 aromatic rings. The first-order valence-corrected chi connectivity index (χ1v) is 3.46. The summed E-state index contributed by atoms with van der Waals surface area (Å²) in [4.78, 5) is 4.01. The van der Waals surface area contributed by atoms with Gasteiger partial charge in [0.1, 0.15) is 0 Å². The summed E-state index contributed by atoms with van der Waals surface area (Å²) in [6.45, 7) is 3.71. The van der Waals surface area contributed by atoms with Crippen LogP contribution in [0, 0.1) is 11.8 Å². The fraction of sp³-hybridized carbons (Fsp3) is 0.625. The Balaban J connectivity index is 2.44. The van der Waals surface area contributed by atoms with E-state index in [-0.39, 0.29) is 0 Å². The van der Waals surface area contributed by atoms with Gasteiger partial charge in [-0.1, -0.05) is 6.08 Å². The van der Waals surface area contributed by atoms with E-state index in [2.05, 4.69) is 11.6 Å². The first kappa shape index (κ1) is 7.32. The van der Waals surface area contributed by atoms with E-state index < -0.39 is 0 Å². The minimum atomic E-state index is 0.521. The number of ether oxygens (including phenoxy) is 1. The molecule has 0 N–H and O–H groups in total. The van der Waals surface area contributed by atoms with Gasteiger partial charge in [-0.25, -0.2) is 0 Å². The number of hydrogen-bond acceptors (Lipinski definition) is 2. The van der Waals surface area contributed by atoms with Crippen molar-refractivity contribution in [1.29, 1.82) is 0 Å². The van der Waals surface area contributed by atoms with Crippen molar-refractivity contribution >= 4 is 5.90 Å². The van der Waals surface area contributed by atoms with Crippen molar-refractivity contribution in [3.63, 3.8) is 0 Å². The molecule has 10 heavy (non-hydrogen) atoms. The largest absolute Gasteiger partial charge is 0.484 e. The van der Waals surface area contributed by atoms with Gasteiger partial charge in [0.15, 0.2) is 5.90 Å². The highest BCUT2D eigenvalue weighted by Crippen LogP contribution is 2.40.